The van der Waals surface area contributed by atoms with Crippen LogP contribution in [0.25, 0.3) is 0 Å². The van der Waals surface area contributed by atoms with Crippen molar-refractivity contribution in [3.63, 3.8) is 0 Å². The van der Waals surface area contributed by atoms with Crippen LogP contribution >= 0.6 is 24.0 Å². The molecule has 1 unspecified atom stereocenters. The van der Waals surface area contributed by atoms with Crippen LogP contribution in [0.2, 0.25) is 0 Å². The molecule has 0 radical (unpaired) electrons. The quantitative estimate of drug-likeness (QED) is 0.221. The van der Waals surface area contributed by atoms with Crippen LogP contribution in [0.3, 0.4) is 0 Å². The highest BCUT2D eigenvalue weighted by molar-refractivity contribution is 14.0. The van der Waals surface area contributed by atoms with Crippen LogP contribution in [0.5, 0.6) is 0 Å². The zero-order chi connectivity index (χ0) is 17.8. The maximum Gasteiger partial charge on any atom is 0.190 e. The average Bonchev–Trinajstić information content (AvgIpc) is 2.55. The lowest BCUT2D eigenvalue weighted by atomic mass is 10.1. The van der Waals surface area contributed by atoms with E-state index in [1.54, 1.807) is 0 Å². The van der Waals surface area contributed by atoms with Crippen LogP contribution in [-0.4, -0.2) is 88.9 Å². The Kier molecular flexibility index (Phi) is 14.9. The molecule has 1 saturated heterocycles. The van der Waals surface area contributed by atoms with Crippen LogP contribution in [-0.2, 0) is 4.74 Å². The van der Waals surface area contributed by atoms with Gasteiger partial charge in [0.05, 0.1) is 0 Å². The minimum Gasteiger partial charge on any atom is -0.381 e. The Morgan fingerprint density at radius 2 is 1.80 bits per heavy atom. The summed E-state index contributed by atoms with van der Waals surface area (Å²) in [5, 5.41) is 6.80. The molecule has 25 heavy (non-hydrogen) atoms. The first-order valence-corrected chi connectivity index (χ1v) is 9.44. The molecule has 1 atom stereocenters. The summed E-state index contributed by atoms with van der Waals surface area (Å²) in [6.07, 6.45) is 1.00. The SMILES string of the molecule is CN=C(NCCCOCC(C)C)NCC(C)CN1CCN(C)CC1.I. The van der Waals surface area contributed by atoms with Crippen molar-refractivity contribution in [3.8, 4) is 0 Å². The molecule has 2 N–H and O–H groups in total. The molecule has 6 nitrogen and oxygen atoms in total. The van der Waals surface area contributed by atoms with E-state index in [4.69, 9.17) is 4.74 Å². The average molecular weight is 469 g/mol. The number of piperazine rings is 1. The van der Waals surface area contributed by atoms with Gasteiger partial charge < -0.3 is 25.2 Å². The number of halogens is 1. The second-order valence-corrected chi connectivity index (χ2v) is 7.41. The van der Waals surface area contributed by atoms with Gasteiger partial charge in [-0.3, -0.25) is 4.99 Å². The van der Waals surface area contributed by atoms with Crippen molar-refractivity contribution in [2.24, 2.45) is 16.8 Å². The molecule has 0 saturated carbocycles. The first kappa shape index (κ1) is 24.9. The Morgan fingerprint density at radius 1 is 1.12 bits per heavy atom. The number of nitrogens with one attached hydrogen (secondary N) is 2. The number of hydrogen-bond acceptors (Lipinski definition) is 4. The number of nitrogens with zero attached hydrogens (tertiary/aromatic N) is 3. The summed E-state index contributed by atoms with van der Waals surface area (Å²) in [6, 6.07) is 0. The molecule has 0 bridgehead atoms. The molecule has 1 aliphatic rings. The van der Waals surface area contributed by atoms with Crippen LogP contribution in [0.1, 0.15) is 27.2 Å². The smallest absolute Gasteiger partial charge is 0.190 e. The van der Waals surface area contributed by atoms with Crippen molar-refractivity contribution in [2.45, 2.75) is 27.2 Å². The minimum atomic E-state index is 0. The molecule has 0 aromatic heterocycles. The van der Waals surface area contributed by atoms with E-state index in [1.807, 2.05) is 7.05 Å². The third-order valence-corrected chi connectivity index (χ3v) is 4.22. The summed E-state index contributed by atoms with van der Waals surface area (Å²) < 4.78 is 5.59. The summed E-state index contributed by atoms with van der Waals surface area (Å²) in [5.74, 6) is 2.11. The number of hydrogen-bond donors (Lipinski definition) is 2. The highest BCUT2D eigenvalue weighted by atomic mass is 127. The van der Waals surface area contributed by atoms with E-state index in [0.29, 0.717) is 11.8 Å². The van der Waals surface area contributed by atoms with Crippen LogP contribution in [0.15, 0.2) is 4.99 Å². The summed E-state index contributed by atoms with van der Waals surface area (Å²) in [4.78, 5) is 9.26. The molecule has 0 spiro atoms. The van der Waals surface area contributed by atoms with Gasteiger partial charge in [-0.25, -0.2) is 0 Å². The molecular formula is C18H40IN5O. The van der Waals surface area contributed by atoms with Crippen molar-refractivity contribution >= 4 is 29.9 Å². The number of guanidine groups is 1. The molecule has 0 aromatic carbocycles. The third-order valence-electron chi connectivity index (χ3n) is 4.22. The van der Waals surface area contributed by atoms with E-state index >= 15 is 0 Å². The molecule has 0 aromatic rings. The highest BCUT2D eigenvalue weighted by Crippen LogP contribution is 2.03. The third kappa shape index (κ3) is 12.8. The fraction of sp³-hybridized carbons (Fsp3) is 0.944. The van der Waals surface area contributed by atoms with Crippen LogP contribution in [0.4, 0.5) is 0 Å². The molecule has 0 amide bonds. The van der Waals surface area contributed by atoms with Gasteiger partial charge in [0.25, 0.3) is 0 Å². The van der Waals surface area contributed by atoms with Gasteiger partial charge in [0.15, 0.2) is 5.96 Å². The van der Waals surface area contributed by atoms with E-state index in [-0.39, 0.29) is 24.0 Å². The number of aliphatic imine (C=N–C) groups is 1. The highest BCUT2D eigenvalue weighted by Gasteiger charge is 2.16. The van der Waals surface area contributed by atoms with Gasteiger partial charge in [0, 0.05) is 66.1 Å². The first-order chi connectivity index (χ1) is 11.5. The lowest BCUT2D eigenvalue weighted by molar-refractivity contribution is 0.108. The van der Waals surface area contributed by atoms with Gasteiger partial charge >= 0.3 is 0 Å². The molecule has 150 valence electrons. The molecule has 0 aliphatic carbocycles. The van der Waals surface area contributed by atoms with Gasteiger partial charge in [-0.1, -0.05) is 20.8 Å². The normalized spacial score (nSPS) is 18.1. The molecule has 1 heterocycles. The number of likely N-dealkylation sites (N-methyl/N-ethyl adjacent to an activating group) is 1. The Balaban J connectivity index is 0.00000576. The number of rotatable bonds is 10. The van der Waals surface area contributed by atoms with E-state index in [9.17, 15) is 0 Å². The monoisotopic (exact) mass is 469 g/mol. The predicted molar refractivity (Wildman–Crippen MR) is 118 cm³/mol. The largest absolute Gasteiger partial charge is 0.381 e. The van der Waals surface area contributed by atoms with Gasteiger partial charge in [0.1, 0.15) is 0 Å². The molecular weight excluding hydrogens is 429 g/mol. The van der Waals surface area contributed by atoms with Gasteiger partial charge in [-0.05, 0) is 25.3 Å². The second kappa shape index (κ2) is 15.0. The van der Waals surface area contributed by atoms with Gasteiger partial charge in [-0.2, -0.15) is 0 Å². The predicted octanol–water partition coefficient (Wildman–Crippen LogP) is 1.72. The van der Waals surface area contributed by atoms with Crippen LogP contribution < -0.4 is 10.6 Å². The lowest BCUT2D eigenvalue weighted by Gasteiger charge is -2.34. The number of ether oxygens (including phenoxy) is 1. The summed E-state index contributed by atoms with van der Waals surface area (Å²) in [7, 11) is 4.03. The molecule has 1 fully saturated rings. The molecule has 7 heteroatoms. The van der Waals surface area contributed by atoms with Crippen molar-refractivity contribution in [1.29, 1.82) is 0 Å². The Labute approximate surface area is 172 Å². The fourth-order valence-corrected chi connectivity index (χ4v) is 2.73. The fourth-order valence-electron chi connectivity index (χ4n) is 2.73. The van der Waals surface area contributed by atoms with E-state index in [1.165, 1.54) is 26.2 Å². The Hall–Kier alpha value is -0.120. The zero-order valence-electron chi connectivity index (χ0n) is 16.9. The van der Waals surface area contributed by atoms with Gasteiger partial charge in [0.2, 0.25) is 0 Å². The zero-order valence-corrected chi connectivity index (χ0v) is 19.2. The Morgan fingerprint density at radius 3 is 2.40 bits per heavy atom. The molecule has 1 rings (SSSR count). The minimum absolute atomic E-state index is 0. The standard InChI is InChI=1S/C18H39N5O.HI/c1-16(2)15-24-12-6-7-20-18(19-4)21-13-17(3)14-23-10-8-22(5)9-11-23;/h16-17H,6-15H2,1-5H3,(H2,19,20,21);1H. The van der Waals surface area contributed by atoms with Crippen LogP contribution in [0, 0.1) is 11.8 Å². The Bertz CT molecular complexity index is 346. The molecule has 1 aliphatic heterocycles. The second-order valence-electron chi connectivity index (χ2n) is 7.41. The maximum atomic E-state index is 5.59. The van der Waals surface area contributed by atoms with E-state index in [2.05, 4.69) is 53.2 Å². The summed E-state index contributed by atoms with van der Waals surface area (Å²) in [6.45, 7) is 16.0. The maximum absolute atomic E-state index is 5.59. The van der Waals surface area contributed by atoms with Gasteiger partial charge in [-0.15, -0.1) is 24.0 Å². The first-order valence-electron chi connectivity index (χ1n) is 9.44. The lowest BCUT2D eigenvalue weighted by Crippen LogP contribution is -2.47. The van der Waals surface area contributed by atoms with E-state index < -0.39 is 0 Å². The van der Waals surface area contributed by atoms with Crippen molar-refractivity contribution in [1.82, 2.24) is 20.4 Å². The summed E-state index contributed by atoms with van der Waals surface area (Å²) >= 11 is 0. The topological polar surface area (TPSA) is 52.1 Å². The van der Waals surface area contributed by atoms with E-state index in [0.717, 1.165) is 45.2 Å². The van der Waals surface area contributed by atoms with Crippen molar-refractivity contribution in [3.05, 3.63) is 0 Å². The van der Waals surface area contributed by atoms with Crippen molar-refractivity contribution in [2.75, 3.05) is 73.1 Å². The van der Waals surface area contributed by atoms with Crippen molar-refractivity contribution < 1.29 is 4.74 Å². The summed E-state index contributed by atoms with van der Waals surface area (Å²) in [5.41, 5.74) is 0.